The van der Waals surface area contributed by atoms with Gasteiger partial charge >= 0.3 is 0 Å². The lowest BCUT2D eigenvalue weighted by Crippen LogP contribution is -2.55. The molecule has 2 atom stereocenters. The molecule has 0 aromatic heterocycles. The van der Waals surface area contributed by atoms with Gasteiger partial charge in [0.25, 0.3) is 0 Å². The summed E-state index contributed by atoms with van der Waals surface area (Å²) in [5.74, 6) is 0. The molecule has 2 rings (SSSR count). The largest absolute Gasteiger partial charge is 0.332 e. The number of nitrogens with one attached hydrogen (secondary N) is 2. The number of anilines is 1. The molecule has 2 N–H and O–H groups in total. The van der Waals surface area contributed by atoms with Crippen molar-refractivity contribution in [2.24, 2.45) is 0 Å². The smallest absolute Gasteiger partial charge is 0.242 e. The number of sulfonamides is 1. The van der Waals surface area contributed by atoms with Crippen LogP contribution in [0.5, 0.6) is 0 Å². The molecule has 1 heterocycles. The highest BCUT2D eigenvalue weighted by Crippen LogP contribution is 2.21. The van der Waals surface area contributed by atoms with Gasteiger partial charge in [0.15, 0.2) is 5.11 Å². The summed E-state index contributed by atoms with van der Waals surface area (Å²) in [6.45, 7) is 4.35. The number of hydrogen-bond donors (Lipinski definition) is 2. The maximum atomic E-state index is 12.2. The lowest BCUT2D eigenvalue weighted by molar-refractivity contribution is 0.0750. The van der Waals surface area contributed by atoms with Crippen LogP contribution >= 0.6 is 12.2 Å². The first-order chi connectivity index (χ1) is 11.2. The highest BCUT2D eigenvalue weighted by atomic mass is 32.2. The molecule has 6 nitrogen and oxygen atoms in total. The molecule has 8 heteroatoms. The van der Waals surface area contributed by atoms with E-state index in [1.165, 1.54) is 24.8 Å². The second-order valence-electron chi connectivity index (χ2n) is 6.42. The van der Waals surface area contributed by atoms with E-state index in [9.17, 15) is 8.42 Å². The van der Waals surface area contributed by atoms with Crippen molar-refractivity contribution in [3.05, 3.63) is 24.3 Å². The fourth-order valence-corrected chi connectivity index (χ4v) is 4.03. The van der Waals surface area contributed by atoms with Gasteiger partial charge in [-0.25, -0.2) is 17.7 Å². The highest BCUT2D eigenvalue weighted by Gasteiger charge is 2.25. The zero-order chi connectivity index (χ0) is 17.9. The monoisotopic (exact) mass is 370 g/mol. The number of hydrogen-bond acceptors (Lipinski definition) is 4. The molecule has 1 saturated heterocycles. The average Bonchev–Trinajstić information content (AvgIpc) is 2.51. The van der Waals surface area contributed by atoms with Crippen LogP contribution in [0.2, 0.25) is 0 Å². The fourth-order valence-electron chi connectivity index (χ4n) is 2.86. The van der Waals surface area contributed by atoms with Gasteiger partial charge in [0, 0.05) is 31.9 Å². The summed E-state index contributed by atoms with van der Waals surface area (Å²) in [6, 6.07) is 7.49. The van der Waals surface area contributed by atoms with Gasteiger partial charge in [-0.2, -0.15) is 0 Å². The minimum atomic E-state index is -3.46. The normalized spacial score (nSPS) is 22.4. The van der Waals surface area contributed by atoms with E-state index in [0.29, 0.717) is 22.9 Å². The maximum Gasteiger partial charge on any atom is 0.242 e. The predicted octanol–water partition coefficient (Wildman–Crippen LogP) is 2.40. The Morgan fingerprint density at radius 1 is 1.25 bits per heavy atom. The van der Waals surface area contributed by atoms with E-state index in [4.69, 9.17) is 12.2 Å². The van der Waals surface area contributed by atoms with Crippen LogP contribution in [0.4, 0.5) is 5.69 Å². The number of nitrogens with zero attached hydrogens (tertiary/aromatic N) is 2. The van der Waals surface area contributed by atoms with Crippen LogP contribution in [0, 0.1) is 0 Å². The fraction of sp³-hybridized carbons (Fsp3) is 0.562. The summed E-state index contributed by atoms with van der Waals surface area (Å²) < 4.78 is 25.6. The third-order valence-corrected chi connectivity index (χ3v) is 6.30. The Morgan fingerprint density at radius 2 is 1.88 bits per heavy atom. The Labute approximate surface area is 150 Å². The van der Waals surface area contributed by atoms with Crippen LogP contribution in [0.3, 0.4) is 0 Å². The summed E-state index contributed by atoms with van der Waals surface area (Å²) in [6.07, 6.45) is 3.50. The molecule has 0 amide bonds. The Balaban J connectivity index is 2.07. The number of piperidine rings is 1. The predicted molar refractivity (Wildman–Crippen MR) is 101 cm³/mol. The standard InChI is InChI=1S/C16H26N4O2S2/c1-12-7-5-8-13(2)20(12)18-16(23)17-14-9-6-10-15(11-14)24(21,22)19(3)4/h6,9-13H,5,7-8H2,1-4H3,(H2,17,18,23). The van der Waals surface area contributed by atoms with Crippen molar-refractivity contribution in [1.82, 2.24) is 14.7 Å². The molecule has 0 radical (unpaired) electrons. The summed E-state index contributed by atoms with van der Waals surface area (Å²) in [5, 5.41) is 5.71. The topological polar surface area (TPSA) is 64.7 Å². The van der Waals surface area contributed by atoms with Gasteiger partial charge in [0.1, 0.15) is 0 Å². The van der Waals surface area contributed by atoms with Gasteiger partial charge in [-0.15, -0.1) is 0 Å². The van der Waals surface area contributed by atoms with Crippen LogP contribution in [0.1, 0.15) is 33.1 Å². The second-order valence-corrected chi connectivity index (χ2v) is 8.98. The molecule has 1 aliphatic heterocycles. The van der Waals surface area contributed by atoms with Gasteiger partial charge in [-0.3, -0.25) is 5.43 Å². The van der Waals surface area contributed by atoms with Crippen LogP contribution in [0.15, 0.2) is 29.2 Å². The van der Waals surface area contributed by atoms with Crippen molar-refractivity contribution < 1.29 is 8.42 Å². The minimum absolute atomic E-state index is 0.236. The second kappa shape index (κ2) is 7.77. The summed E-state index contributed by atoms with van der Waals surface area (Å²) in [7, 11) is -0.431. The van der Waals surface area contributed by atoms with Crippen molar-refractivity contribution in [1.29, 1.82) is 0 Å². The van der Waals surface area contributed by atoms with Gasteiger partial charge in [-0.05, 0) is 57.1 Å². The lowest BCUT2D eigenvalue weighted by Gasteiger charge is -2.39. The Bertz CT molecular complexity index is 681. The zero-order valence-electron chi connectivity index (χ0n) is 14.6. The molecule has 1 fully saturated rings. The molecular formula is C16H26N4O2S2. The maximum absolute atomic E-state index is 12.2. The number of thiocarbonyl (C=S) groups is 1. The van der Waals surface area contributed by atoms with Gasteiger partial charge in [0.05, 0.1) is 4.90 Å². The van der Waals surface area contributed by atoms with E-state index in [2.05, 4.69) is 29.6 Å². The van der Waals surface area contributed by atoms with Crippen molar-refractivity contribution in [3.8, 4) is 0 Å². The molecule has 0 saturated carbocycles. The third kappa shape index (κ3) is 4.44. The summed E-state index contributed by atoms with van der Waals surface area (Å²) >= 11 is 5.39. The van der Waals surface area contributed by atoms with Gasteiger partial charge < -0.3 is 5.32 Å². The molecule has 24 heavy (non-hydrogen) atoms. The summed E-state index contributed by atoms with van der Waals surface area (Å²) in [4.78, 5) is 0.236. The Hall–Kier alpha value is -1.22. The Morgan fingerprint density at radius 3 is 2.46 bits per heavy atom. The average molecular weight is 371 g/mol. The molecule has 2 unspecified atom stereocenters. The molecule has 0 bridgehead atoms. The van der Waals surface area contributed by atoms with Gasteiger partial charge in [0.2, 0.25) is 10.0 Å². The molecule has 0 spiro atoms. The molecule has 134 valence electrons. The molecular weight excluding hydrogens is 344 g/mol. The number of benzene rings is 1. The van der Waals surface area contributed by atoms with Crippen molar-refractivity contribution >= 4 is 33.0 Å². The Kier molecular flexibility index (Phi) is 6.19. The zero-order valence-corrected chi connectivity index (χ0v) is 16.2. The molecule has 0 aliphatic carbocycles. The van der Waals surface area contributed by atoms with Crippen LogP contribution in [-0.4, -0.2) is 49.0 Å². The van der Waals surface area contributed by atoms with Gasteiger partial charge in [-0.1, -0.05) is 12.5 Å². The number of hydrazine groups is 1. The highest BCUT2D eigenvalue weighted by molar-refractivity contribution is 7.89. The first-order valence-corrected chi connectivity index (χ1v) is 9.95. The van der Waals surface area contributed by atoms with Crippen LogP contribution < -0.4 is 10.7 Å². The van der Waals surface area contributed by atoms with E-state index in [-0.39, 0.29) is 4.90 Å². The van der Waals surface area contributed by atoms with E-state index in [1.54, 1.807) is 24.3 Å². The number of rotatable bonds is 4. The van der Waals surface area contributed by atoms with Crippen molar-refractivity contribution in [3.63, 3.8) is 0 Å². The van der Waals surface area contributed by atoms with Crippen LogP contribution in [-0.2, 0) is 10.0 Å². The molecule has 1 aromatic rings. The summed E-state index contributed by atoms with van der Waals surface area (Å²) in [5.41, 5.74) is 3.89. The molecule has 1 aliphatic rings. The van der Waals surface area contributed by atoms with Crippen molar-refractivity contribution in [2.75, 3.05) is 19.4 Å². The quantitative estimate of drug-likeness (QED) is 0.794. The first kappa shape index (κ1) is 19.1. The molecule has 1 aromatic carbocycles. The van der Waals surface area contributed by atoms with Crippen LogP contribution in [0.25, 0.3) is 0 Å². The van der Waals surface area contributed by atoms with E-state index >= 15 is 0 Å². The lowest BCUT2D eigenvalue weighted by atomic mass is 10.00. The SMILES string of the molecule is CC1CCCC(C)N1NC(=S)Nc1cccc(S(=O)(=O)N(C)C)c1. The minimum Gasteiger partial charge on any atom is -0.332 e. The third-order valence-electron chi connectivity index (χ3n) is 4.29. The van der Waals surface area contributed by atoms with E-state index in [1.807, 2.05) is 0 Å². The van der Waals surface area contributed by atoms with Crippen molar-refractivity contribution in [2.45, 2.75) is 50.1 Å². The van der Waals surface area contributed by atoms with E-state index in [0.717, 1.165) is 12.8 Å². The first-order valence-electron chi connectivity index (χ1n) is 8.10. The van der Waals surface area contributed by atoms with E-state index < -0.39 is 10.0 Å².